The summed E-state index contributed by atoms with van der Waals surface area (Å²) >= 11 is 0. The number of benzene rings is 1. The minimum Gasteiger partial charge on any atom is -0.274 e. The number of amides is 2. The average molecular weight is 415 g/mol. The number of carbonyl (C=O) groups excluding carboxylic acids is 2. The molecule has 1 atom stereocenters. The van der Waals surface area contributed by atoms with Crippen LogP contribution in [0.3, 0.4) is 0 Å². The molecule has 0 aliphatic carbocycles. The van der Waals surface area contributed by atoms with Crippen molar-refractivity contribution >= 4 is 37.4 Å². The maximum atomic E-state index is 13.0. The van der Waals surface area contributed by atoms with Gasteiger partial charge in [-0.05, 0) is 37.1 Å². The number of piperidine rings is 1. The Bertz CT molecular complexity index is 938. The summed E-state index contributed by atoms with van der Waals surface area (Å²) in [5.41, 5.74) is 0.343. The van der Waals surface area contributed by atoms with Crippen molar-refractivity contribution in [1.82, 2.24) is 4.31 Å². The lowest BCUT2D eigenvalue weighted by Gasteiger charge is -2.27. The molecule has 0 radical (unpaired) electrons. The monoisotopic (exact) mass is 414 g/mol. The van der Waals surface area contributed by atoms with Gasteiger partial charge in [0.1, 0.15) is 0 Å². The zero-order valence-electron chi connectivity index (χ0n) is 15.0. The van der Waals surface area contributed by atoms with Crippen LogP contribution < -0.4 is 4.90 Å². The van der Waals surface area contributed by atoms with E-state index in [2.05, 4.69) is 0 Å². The molecule has 0 aromatic heterocycles. The zero-order chi connectivity index (χ0) is 19.8. The fourth-order valence-electron chi connectivity index (χ4n) is 3.57. The Balaban J connectivity index is 1.86. The molecular weight excluding hydrogens is 392 g/mol. The smallest absolute Gasteiger partial charge is 0.243 e. The highest BCUT2D eigenvalue weighted by atomic mass is 32.2. The van der Waals surface area contributed by atoms with Crippen molar-refractivity contribution in [2.24, 2.45) is 0 Å². The summed E-state index contributed by atoms with van der Waals surface area (Å²) in [5, 5.41) is 0. The lowest BCUT2D eigenvalue weighted by Crippen LogP contribution is -2.41. The van der Waals surface area contributed by atoms with Crippen LogP contribution in [0.15, 0.2) is 29.2 Å². The predicted molar refractivity (Wildman–Crippen MR) is 99.4 cm³/mol. The third-order valence-electron chi connectivity index (χ3n) is 4.91. The summed E-state index contributed by atoms with van der Waals surface area (Å²) in [4.78, 5) is 25.1. The van der Waals surface area contributed by atoms with Crippen molar-refractivity contribution in [3.05, 3.63) is 24.3 Å². The molecule has 1 unspecified atom stereocenters. The first-order valence-corrected chi connectivity index (χ1v) is 12.1. The van der Waals surface area contributed by atoms with E-state index in [1.165, 1.54) is 28.6 Å². The van der Waals surface area contributed by atoms with Gasteiger partial charge >= 0.3 is 0 Å². The Morgan fingerprint density at radius 3 is 2.19 bits per heavy atom. The molecular formula is C17H22N2O6S2. The minimum absolute atomic E-state index is 0.00862. The molecule has 1 aromatic carbocycles. The topological polar surface area (TPSA) is 109 Å². The average Bonchev–Trinajstić information content (AvgIpc) is 2.95. The van der Waals surface area contributed by atoms with Crippen LogP contribution >= 0.6 is 0 Å². The highest BCUT2D eigenvalue weighted by Gasteiger charge is 2.38. The van der Waals surface area contributed by atoms with Crippen LogP contribution in [0.2, 0.25) is 0 Å². The Morgan fingerprint density at radius 2 is 1.70 bits per heavy atom. The van der Waals surface area contributed by atoms with E-state index in [0.717, 1.165) is 4.90 Å². The molecule has 0 bridgehead atoms. The molecule has 0 saturated carbocycles. The maximum Gasteiger partial charge on any atom is 0.243 e. The highest BCUT2D eigenvalue weighted by molar-refractivity contribution is 7.92. The van der Waals surface area contributed by atoms with Crippen molar-refractivity contribution in [2.45, 2.75) is 43.5 Å². The van der Waals surface area contributed by atoms with E-state index in [1.54, 1.807) is 6.92 Å². The standard InChI is InChI=1S/C17H22N2O6S2/c1-2-18(14-10-11-26(22,23)12-14)27(24,25)15-8-6-13(7-9-15)19-16(20)4-3-5-17(19)21/h6-9,14H,2-5,10-12H2,1H3. The number of sulfone groups is 1. The van der Waals surface area contributed by atoms with E-state index < -0.39 is 25.9 Å². The van der Waals surface area contributed by atoms with Crippen molar-refractivity contribution in [1.29, 1.82) is 0 Å². The first-order chi connectivity index (χ1) is 12.7. The van der Waals surface area contributed by atoms with Gasteiger partial charge in [-0.1, -0.05) is 6.92 Å². The Morgan fingerprint density at radius 1 is 1.11 bits per heavy atom. The number of anilines is 1. The number of imide groups is 1. The van der Waals surface area contributed by atoms with Crippen LogP contribution in [0.1, 0.15) is 32.6 Å². The molecule has 2 heterocycles. The van der Waals surface area contributed by atoms with Gasteiger partial charge in [-0.2, -0.15) is 4.31 Å². The molecule has 1 aromatic rings. The lowest BCUT2D eigenvalue weighted by atomic mass is 10.1. The summed E-state index contributed by atoms with van der Waals surface area (Å²) in [6, 6.07) is 5.01. The van der Waals surface area contributed by atoms with Gasteiger partial charge in [-0.15, -0.1) is 0 Å². The van der Waals surface area contributed by atoms with Crippen LogP contribution in [0, 0.1) is 0 Å². The second kappa shape index (κ2) is 7.33. The van der Waals surface area contributed by atoms with Gasteiger partial charge in [0.25, 0.3) is 0 Å². The molecule has 8 nitrogen and oxygen atoms in total. The Labute approximate surface area is 159 Å². The molecule has 27 heavy (non-hydrogen) atoms. The molecule has 10 heteroatoms. The maximum absolute atomic E-state index is 13.0. The lowest BCUT2D eigenvalue weighted by molar-refractivity contribution is -0.129. The van der Waals surface area contributed by atoms with Gasteiger partial charge < -0.3 is 0 Å². The van der Waals surface area contributed by atoms with Crippen LogP contribution in [-0.2, 0) is 29.4 Å². The number of hydrogen-bond donors (Lipinski definition) is 0. The summed E-state index contributed by atoms with van der Waals surface area (Å²) in [7, 11) is -7.09. The summed E-state index contributed by atoms with van der Waals surface area (Å²) in [6.45, 7) is 1.83. The number of rotatable bonds is 5. The normalized spacial score (nSPS) is 23.2. The zero-order valence-corrected chi connectivity index (χ0v) is 16.6. The fourth-order valence-corrected chi connectivity index (χ4v) is 7.06. The molecule has 2 fully saturated rings. The van der Waals surface area contributed by atoms with Gasteiger partial charge in [0, 0.05) is 25.4 Å². The number of nitrogens with zero attached hydrogens (tertiary/aromatic N) is 2. The third-order valence-corrected chi connectivity index (χ3v) is 8.70. The van der Waals surface area contributed by atoms with Gasteiger partial charge in [0.05, 0.1) is 22.1 Å². The summed E-state index contributed by atoms with van der Waals surface area (Å²) < 4.78 is 50.6. The van der Waals surface area contributed by atoms with Gasteiger partial charge in [-0.3, -0.25) is 14.5 Å². The van der Waals surface area contributed by atoms with Crippen molar-refractivity contribution in [3.63, 3.8) is 0 Å². The third kappa shape index (κ3) is 3.92. The molecule has 3 rings (SSSR count). The number of sulfonamides is 1. The largest absolute Gasteiger partial charge is 0.274 e. The van der Waals surface area contributed by atoms with E-state index >= 15 is 0 Å². The van der Waals surface area contributed by atoms with E-state index in [9.17, 15) is 26.4 Å². The van der Waals surface area contributed by atoms with Crippen LogP contribution in [0.4, 0.5) is 5.69 Å². The molecule has 0 spiro atoms. The van der Waals surface area contributed by atoms with Crippen molar-refractivity contribution < 1.29 is 26.4 Å². The predicted octanol–water partition coefficient (Wildman–Crippen LogP) is 0.928. The molecule has 148 valence electrons. The SMILES string of the molecule is CCN(C1CCS(=O)(=O)C1)S(=O)(=O)c1ccc(N2C(=O)CCCC2=O)cc1. The number of carbonyl (C=O) groups is 2. The van der Waals surface area contributed by atoms with Crippen LogP contribution in [-0.4, -0.2) is 57.0 Å². The van der Waals surface area contributed by atoms with E-state index in [4.69, 9.17) is 0 Å². The molecule has 2 amide bonds. The van der Waals surface area contributed by atoms with Crippen molar-refractivity contribution in [2.75, 3.05) is 23.0 Å². The Kier molecular flexibility index (Phi) is 5.42. The van der Waals surface area contributed by atoms with E-state index in [1.807, 2.05) is 0 Å². The number of hydrogen-bond acceptors (Lipinski definition) is 6. The summed E-state index contributed by atoms with van der Waals surface area (Å²) in [5.74, 6) is -0.780. The Hall–Kier alpha value is -1.78. The fraction of sp³-hybridized carbons (Fsp3) is 0.529. The summed E-state index contributed by atoms with van der Waals surface area (Å²) in [6.07, 6.45) is 1.37. The second-order valence-electron chi connectivity index (χ2n) is 6.74. The van der Waals surface area contributed by atoms with Gasteiger partial charge in [0.15, 0.2) is 9.84 Å². The van der Waals surface area contributed by atoms with Crippen LogP contribution in [0.5, 0.6) is 0 Å². The molecule has 2 saturated heterocycles. The van der Waals surface area contributed by atoms with E-state index in [-0.39, 0.29) is 54.0 Å². The van der Waals surface area contributed by atoms with Crippen molar-refractivity contribution in [3.8, 4) is 0 Å². The molecule has 2 aliphatic heterocycles. The second-order valence-corrected chi connectivity index (χ2v) is 10.9. The van der Waals surface area contributed by atoms with Gasteiger partial charge in [0.2, 0.25) is 21.8 Å². The first-order valence-electron chi connectivity index (χ1n) is 8.84. The van der Waals surface area contributed by atoms with Crippen LogP contribution in [0.25, 0.3) is 0 Å². The highest BCUT2D eigenvalue weighted by Crippen LogP contribution is 2.27. The van der Waals surface area contributed by atoms with E-state index in [0.29, 0.717) is 12.1 Å². The van der Waals surface area contributed by atoms with Gasteiger partial charge in [-0.25, -0.2) is 16.8 Å². The quantitative estimate of drug-likeness (QED) is 0.663. The minimum atomic E-state index is -3.88. The molecule has 2 aliphatic rings. The first kappa shape index (κ1) is 20.0. The molecule has 0 N–H and O–H groups in total.